The molecule has 0 bridgehead atoms. The van der Waals surface area contributed by atoms with Gasteiger partial charge in [-0.15, -0.1) is 0 Å². The van der Waals surface area contributed by atoms with Crippen LogP contribution in [0.15, 0.2) is 41.2 Å². The topological polar surface area (TPSA) is 120 Å². The van der Waals surface area contributed by atoms with Crippen molar-refractivity contribution in [2.24, 2.45) is 0 Å². The number of ether oxygens (including phenoxy) is 2. The Labute approximate surface area is 176 Å². The van der Waals surface area contributed by atoms with Gasteiger partial charge >= 0.3 is 11.9 Å². The molecule has 0 saturated heterocycles. The van der Waals surface area contributed by atoms with Gasteiger partial charge < -0.3 is 19.9 Å². The van der Waals surface area contributed by atoms with Crippen molar-refractivity contribution in [1.29, 1.82) is 0 Å². The van der Waals surface area contributed by atoms with Crippen molar-refractivity contribution in [2.45, 2.75) is 13.0 Å². The Morgan fingerprint density at radius 3 is 2.68 bits per heavy atom. The van der Waals surface area contributed by atoms with Gasteiger partial charge in [0.25, 0.3) is 5.56 Å². The Kier molecular flexibility index (Phi) is 5.16. The fraction of sp³-hybridized carbons (Fsp3) is 0.182. The Hall–Kier alpha value is -4.14. The Morgan fingerprint density at radius 1 is 1.16 bits per heavy atom. The minimum Gasteiger partial charge on any atom is -0.497 e. The number of rotatable bonds is 4. The highest BCUT2D eigenvalue weighted by atomic mass is 16.5. The molecule has 0 fully saturated rings. The summed E-state index contributed by atoms with van der Waals surface area (Å²) in [6.45, 7) is 0.499. The van der Waals surface area contributed by atoms with Crippen LogP contribution in [-0.2, 0) is 16.1 Å². The van der Waals surface area contributed by atoms with Crippen LogP contribution in [0.2, 0.25) is 0 Å². The molecule has 0 aliphatic carbocycles. The SMILES string of the molecule is COc1ccc(C=C2CCn3c2nc2cc(NC(=O)C(=O)O)ccc2c3=O)c(OC)c1. The number of carboxylic acid groups (broad SMARTS) is 1. The molecule has 2 heterocycles. The van der Waals surface area contributed by atoms with Crippen LogP contribution in [-0.4, -0.2) is 40.8 Å². The fourth-order valence-electron chi connectivity index (χ4n) is 3.54. The number of benzene rings is 2. The zero-order chi connectivity index (χ0) is 22.1. The van der Waals surface area contributed by atoms with Gasteiger partial charge in [-0.3, -0.25) is 14.2 Å². The number of amides is 1. The van der Waals surface area contributed by atoms with Crippen LogP contribution in [0, 0.1) is 0 Å². The molecule has 1 aromatic heterocycles. The highest BCUT2D eigenvalue weighted by Gasteiger charge is 2.22. The molecule has 0 spiro atoms. The van der Waals surface area contributed by atoms with E-state index in [0.717, 1.165) is 11.1 Å². The molecule has 1 aliphatic heterocycles. The third kappa shape index (κ3) is 3.73. The number of carbonyl (C=O) groups is 2. The lowest BCUT2D eigenvalue weighted by Gasteiger charge is -2.09. The molecule has 0 unspecified atom stereocenters. The summed E-state index contributed by atoms with van der Waals surface area (Å²) in [5.74, 6) is -0.934. The van der Waals surface area contributed by atoms with Crippen molar-refractivity contribution >= 4 is 40.1 Å². The largest absolute Gasteiger partial charge is 0.497 e. The molecular formula is C22H19N3O6. The van der Waals surface area contributed by atoms with Crippen LogP contribution in [0.5, 0.6) is 11.5 Å². The normalized spacial score (nSPS) is 13.8. The van der Waals surface area contributed by atoms with E-state index in [1.807, 2.05) is 18.2 Å². The molecule has 0 saturated carbocycles. The summed E-state index contributed by atoms with van der Waals surface area (Å²) in [6, 6.07) is 9.97. The van der Waals surface area contributed by atoms with Crippen LogP contribution in [0.4, 0.5) is 5.69 Å². The van der Waals surface area contributed by atoms with Crippen LogP contribution >= 0.6 is 0 Å². The minimum atomic E-state index is -1.60. The second kappa shape index (κ2) is 7.94. The van der Waals surface area contributed by atoms with Crippen molar-refractivity contribution in [3.05, 3.63) is 58.1 Å². The van der Waals surface area contributed by atoms with E-state index in [4.69, 9.17) is 14.6 Å². The summed E-state index contributed by atoms with van der Waals surface area (Å²) >= 11 is 0. The van der Waals surface area contributed by atoms with Crippen LogP contribution in [0.25, 0.3) is 22.6 Å². The van der Waals surface area contributed by atoms with Crippen LogP contribution in [0.1, 0.15) is 17.8 Å². The van der Waals surface area contributed by atoms with Crippen LogP contribution in [0.3, 0.4) is 0 Å². The monoisotopic (exact) mass is 421 g/mol. The zero-order valence-corrected chi connectivity index (χ0v) is 16.8. The van der Waals surface area contributed by atoms with Crippen molar-refractivity contribution in [1.82, 2.24) is 9.55 Å². The average Bonchev–Trinajstić information content (AvgIpc) is 3.16. The Morgan fingerprint density at radius 2 is 1.97 bits per heavy atom. The number of hydrogen-bond acceptors (Lipinski definition) is 6. The number of aromatic nitrogens is 2. The van der Waals surface area contributed by atoms with Gasteiger partial charge in [-0.1, -0.05) is 0 Å². The number of nitrogens with one attached hydrogen (secondary N) is 1. The number of methoxy groups -OCH3 is 2. The van der Waals surface area contributed by atoms with Gasteiger partial charge in [0.05, 0.1) is 25.1 Å². The van der Waals surface area contributed by atoms with E-state index in [2.05, 4.69) is 10.3 Å². The molecule has 0 radical (unpaired) electrons. The number of hydrogen-bond donors (Lipinski definition) is 2. The third-order valence-electron chi connectivity index (χ3n) is 5.07. The number of nitrogens with zero attached hydrogens (tertiary/aromatic N) is 2. The summed E-state index contributed by atoms with van der Waals surface area (Å²) in [4.78, 5) is 39.8. The highest BCUT2D eigenvalue weighted by molar-refractivity contribution is 6.36. The summed E-state index contributed by atoms with van der Waals surface area (Å²) in [6.07, 6.45) is 2.54. The summed E-state index contributed by atoms with van der Waals surface area (Å²) in [5, 5.41) is 11.4. The Balaban J connectivity index is 1.79. The molecule has 1 amide bonds. The first-order valence-electron chi connectivity index (χ1n) is 9.43. The van der Waals surface area contributed by atoms with Crippen molar-refractivity contribution < 1.29 is 24.2 Å². The van der Waals surface area contributed by atoms with Crippen molar-refractivity contribution in [3.63, 3.8) is 0 Å². The molecule has 158 valence electrons. The lowest BCUT2D eigenvalue weighted by Crippen LogP contribution is -2.23. The molecule has 9 heteroatoms. The smallest absolute Gasteiger partial charge is 0.394 e. The van der Waals surface area contributed by atoms with Crippen molar-refractivity contribution in [2.75, 3.05) is 19.5 Å². The molecule has 0 atom stereocenters. The number of carbonyl (C=O) groups excluding carboxylic acids is 1. The zero-order valence-electron chi connectivity index (χ0n) is 16.8. The van der Waals surface area contributed by atoms with E-state index in [-0.39, 0.29) is 11.2 Å². The molecule has 3 aromatic rings. The predicted octanol–water partition coefficient (Wildman–Crippen LogP) is 2.38. The summed E-state index contributed by atoms with van der Waals surface area (Å²) in [5.41, 5.74) is 2.11. The lowest BCUT2D eigenvalue weighted by atomic mass is 10.1. The second-order valence-corrected chi connectivity index (χ2v) is 6.91. The maximum Gasteiger partial charge on any atom is 0.394 e. The quantitative estimate of drug-likeness (QED) is 0.621. The second-order valence-electron chi connectivity index (χ2n) is 6.91. The number of aliphatic carboxylic acids is 1. The molecule has 31 heavy (non-hydrogen) atoms. The lowest BCUT2D eigenvalue weighted by molar-refractivity contribution is -0.147. The first kappa shape index (κ1) is 20.1. The van der Waals surface area contributed by atoms with E-state index in [9.17, 15) is 14.4 Å². The van der Waals surface area contributed by atoms with E-state index in [1.54, 1.807) is 24.9 Å². The highest BCUT2D eigenvalue weighted by Crippen LogP contribution is 2.32. The summed E-state index contributed by atoms with van der Waals surface area (Å²) in [7, 11) is 3.15. The van der Waals surface area contributed by atoms with Gasteiger partial charge in [-0.2, -0.15) is 0 Å². The number of anilines is 1. The van der Waals surface area contributed by atoms with Gasteiger partial charge in [-0.05, 0) is 48.4 Å². The average molecular weight is 421 g/mol. The molecular weight excluding hydrogens is 402 g/mol. The standard InChI is InChI=1S/C22H19N3O6/c1-30-15-5-3-12(18(11-15)31-2)9-13-7-8-25-19(13)24-17-10-14(23-20(26)22(28)29)4-6-16(17)21(25)27/h3-6,9-11H,7-8H2,1-2H3,(H,23,26)(H,28,29). The summed E-state index contributed by atoms with van der Waals surface area (Å²) < 4.78 is 12.3. The number of fused-ring (bicyclic) bond motifs is 2. The maximum atomic E-state index is 12.9. The molecule has 2 N–H and O–H groups in total. The Bertz CT molecular complexity index is 1310. The van der Waals surface area contributed by atoms with Gasteiger partial charge in [0.2, 0.25) is 0 Å². The predicted molar refractivity (Wildman–Crippen MR) is 114 cm³/mol. The first-order chi connectivity index (χ1) is 14.9. The third-order valence-corrected chi connectivity index (χ3v) is 5.07. The van der Waals surface area contributed by atoms with Crippen LogP contribution < -0.4 is 20.3 Å². The fourth-order valence-corrected chi connectivity index (χ4v) is 3.54. The molecule has 4 rings (SSSR count). The van der Waals surface area contributed by atoms with E-state index < -0.39 is 11.9 Å². The van der Waals surface area contributed by atoms with E-state index in [0.29, 0.717) is 41.2 Å². The first-order valence-corrected chi connectivity index (χ1v) is 9.43. The molecule has 9 nitrogen and oxygen atoms in total. The van der Waals surface area contributed by atoms with Gasteiger partial charge in [0, 0.05) is 23.9 Å². The van der Waals surface area contributed by atoms with E-state index >= 15 is 0 Å². The van der Waals surface area contributed by atoms with Gasteiger partial charge in [0.1, 0.15) is 17.3 Å². The van der Waals surface area contributed by atoms with E-state index in [1.165, 1.54) is 18.2 Å². The number of carboxylic acids is 1. The molecule has 1 aliphatic rings. The molecule has 2 aromatic carbocycles. The number of allylic oxidation sites excluding steroid dienone is 1. The van der Waals surface area contributed by atoms with Gasteiger partial charge in [-0.25, -0.2) is 9.78 Å². The minimum absolute atomic E-state index is 0.193. The van der Waals surface area contributed by atoms with Crippen molar-refractivity contribution in [3.8, 4) is 11.5 Å². The van der Waals surface area contributed by atoms with Gasteiger partial charge in [0.15, 0.2) is 0 Å². The maximum absolute atomic E-state index is 12.9.